The molecule has 3 rings (SSSR count). The zero-order valence-electron chi connectivity index (χ0n) is 16.7. The van der Waals surface area contributed by atoms with Crippen molar-refractivity contribution in [1.29, 1.82) is 0 Å². The van der Waals surface area contributed by atoms with Crippen molar-refractivity contribution in [3.63, 3.8) is 0 Å². The number of hydrogen-bond acceptors (Lipinski definition) is 4. The second-order valence-corrected chi connectivity index (χ2v) is 7.48. The molecule has 0 N–H and O–H groups in total. The molecule has 2 aromatic rings. The summed E-state index contributed by atoms with van der Waals surface area (Å²) >= 11 is 0. The summed E-state index contributed by atoms with van der Waals surface area (Å²) in [6.07, 6.45) is 4.93. The summed E-state index contributed by atoms with van der Waals surface area (Å²) in [4.78, 5) is 24.2. The van der Waals surface area contributed by atoms with Gasteiger partial charge in [-0.1, -0.05) is 37.6 Å². The van der Waals surface area contributed by atoms with Crippen LogP contribution in [0.15, 0.2) is 48.5 Å². The summed E-state index contributed by atoms with van der Waals surface area (Å²) in [5, 5.41) is 0. The van der Waals surface area contributed by atoms with Gasteiger partial charge in [0.1, 0.15) is 18.0 Å². The van der Waals surface area contributed by atoms with E-state index in [0.29, 0.717) is 24.8 Å². The lowest BCUT2D eigenvalue weighted by molar-refractivity contribution is -0.151. The first-order chi connectivity index (χ1) is 14.0. The van der Waals surface area contributed by atoms with Crippen molar-refractivity contribution in [2.45, 2.75) is 64.1 Å². The van der Waals surface area contributed by atoms with Crippen molar-refractivity contribution in [2.24, 2.45) is 0 Å². The topological polar surface area (TPSA) is 52.6 Å². The van der Waals surface area contributed by atoms with Gasteiger partial charge in [-0.15, -0.1) is 0 Å². The molecule has 5 heteroatoms. The molecule has 0 aromatic heterocycles. The molecule has 29 heavy (non-hydrogen) atoms. The highest BCUT2D eigenvalue weighted by Crippen LogP contribution is 2.26. The first-order valence-electron chi connectivity index (χ1n) is 10.3. The summed E-state index contributed by atoms with van der Waals surface area (Å²) < 4.78 is 24.2. The number of rotatable bonds is 7. The number of benzene rings is 2. The Bertz CT molecular complexity index is 806. The van der Waals surface area contributed by atoms with Crippen LogP contribution < -0.4 is 0 Å². The number of halogens is 1. The number of esters is 2. The average molecular weight is 398 g/mol. The van der Waals surface area contributed by atoms with E-state index in [0.717, 1.165) is 36.8 Å². The molecule has 1 aliphatic rings. The Balaban J connectivity index is 1.47. The van der Waals surface area contributed by atoms with Gasteiger partial charge >= 0.3 is 11.9 Å². The number of hydrogen-bond donors (Lipinski definition) is 0. The standard InChI is InChI=1S/C24H27FO4/c1-2-3-4-23(26)28-21-13-15-22(16-14-21)29-24(27)19-7-5-17(6-8-19)18-9-11-20(25)12-10-18/h5-12,21-22H,2-4,13-16H2,1H3/t21-,22-. The molecular formula is C24H27FO4. The van der Waals surface area contributed by atoms with Crippen LogP contribution in [0.2, 0.25) is 0 Å². The molecule has 0 unspecified atom stereocenters. The molecule has 0 atom stereocenters. The zero-order chi connectivity index (χ0) is 20.6. The predicted molar refractivity (Wildman–Crippen MR) is 109 cm³/mol. The SMILES string of the molecule is CCCCC(=O)O[C@H]1CC[C@H](OC(=O)c2ccc(-c3ccc(F)cc3)cc2)CC1. The number of carbonyl (C=O) groups excluding carboxylic acids is 2. The van der Waals surface area contributed by atoms with Crippen molar-refractivity contribution in [1.82, 2.24) is 0 Å². The maximum atomic E-state index is 13.0. The van der Waals surface area contributed by atoms with E-state index in [4.69, 9.17) is 9.47 Å². The van der Waals surface area contributed by atoms with E-state index in [1.807, 2.05) is 19.1 Å². The van der Waals surface area contributed by atoms with Gasteiger partial charge in [0.15, 0.2) is 0 Å². The molecule has 0 bridgehead atoms. The molecule has 154 valence electrons. The third-order valence-electron chi connectivity index (χ3n) is 5.23. The zero-order valence-corrected chi connectivity index (χ0v) is 16.7. The van der Waals surface area contributed by atoms with Gasteiger partial charge in [0.25, 0.3) is 0 Å². The van der Waals surface area contributed by atoms with Crippen LogP contribution in [0.3, 0.4) is 0 Å². The fraction of sp³-hybridized carbons (Fsp3) is 0.417. The van der Waals surface area contributed by atoms with Gasteiger partial charge in [-0.25, -0.2) is 9.18 Å². The molecule has 0 spiro atoms. The molecule has 2 aromatic carbocycles. The molecule has 1 aliphatic carbocycles. The maximum absolute atomic E-state index is 13.0. The van der Waals surface area contributed by atoms with Crippen LogP contribution >= 0.6 is 0 Å². The Hall–Kier alpha value is -2.69. The molecule has 1 fully saturated rings. The fourth-order valence-electron chi connectivity index (χ4n) is 3.49. The highest BCUT2D eigenvalue weighted by molar-refractivity contribution is 5.90. The maximum Gasteiger partial charge on any atom is 0.338 e. The van der Waals surface area contributed by atoms with Gasteiger partial charge in [-0.2, -0.15) is 0 Å². The van der Waals surface area contributed by atoms with E-state index >= 15 is 0 Å². The molecule has 4 nitrogen and oxygen atoms in total. The monoisotopic (exact) mass is 398 g/mol. The van der Waals surface area contributed by atoms with Crippen LogP contribution in [0.4, 0.5) is 4.39 Å². The first kappa shape index (κ1) is 21.0. The van der Waals surface area contributed by atoms with E-state index in [-0.39, 0.29) is 30.0 Å². The van der Waals surface area contributed by atoms with Gasteiger partial charge in [0, 0.05) is 6.42 Å². The van der Waals surface area contributed by atoms with E-state index in [2.05, 4.69) is 0 Å². The summed E-state index contributed by atoms with van der Waals surface area (Å²) in [6.45, 7) is 2.04. The quantitative estimate of drug-likeness (QED) is 0.562. The molecule has 0 radical (unpaired) electrons. The lowest BCUT2D eigenvalue weighted by Crippen LogP contribution is -2.29. The van der Waals surface area contributed by atoms with Crippen LogP contribution in [-0.2, 0) is 14.3 Å². The normalized spacial score (nSPS) is 18.8. The molecular weight excluding hydrogens is 371 g/mol. The molecule has 0 saturated heterocycles. The van der Waals surface area contributed by atoms with E-state index in [1.165, 1.54) is 12.1 Å². The Morgan fingerprint density at radius 1 is 0.862 bits per heavy atom. The van der Waals surface area contributed by atoms with Gasteiger partial charge in [0.05, 0.1) is 5.56 Å². The highest BCUT2D eigenvalue weighted by Gasteiger charge is 2.26. The summed E-state index contributed by atoms with van der Waals surface area (Å²) in [5.41, 5.74) is 2.29. The van der Waals surface area contributed by atoms with Crippen molar-refractivity contribution >= 4 is 11.9 Å². The number of ether oxygens (including phenoxy) is 2. The Labute approximate surface area is 171 Å². The first-order valence-corrected chi connectivity index (χ1v) is 10.3. The minimum Gasteiger partial charge on any atom is -0.462 e. The van der Waals surface area contributed by atoms with Crippen molar-refractivity contribution in [2.75, 3.05) is 0 Å². The largest absolute Gasteiger partial charge is 0.462 e. The second-order valence-electron chi connectivity index (χ2n) is 7.48. The smallest absolute Gasteiger partial charge is 0.338 e. The second kappa shape index (κ2) is 10.2. The van der Waals surface area contributed by atoms with Crippen LogP contribution in [0.1, 0.15) is 62.2 Å². The number of unbranched alkanes of at least 4 members (excludes halogenated alkanes) is 1. The number of carbonyl (C=O) groups is 2. The minimum atomic E-state index is -0.348. The fourth-order valence-corrected chi connectivity index (χ4v) is 3.49. The van der Waals surface area contributed by atoms with E-state index < -0.39 is 0 Å². The Kier molecular flexibility index (Phi) is 7.39. The Morgan fingerprint density at radius 3 is 1.93 bits per heavy atom. The molecule has 0 amide bonds. The van der Waals surface area contributed by atoms with Crippen LogP contribution in [0.25, 0.3) is 11.1 Å². The average Bonchev–Trinajstić information content (AvgIpc) is 2.74. The predicted octanol–water partition coefficient (Wildman–Crippen LogP) is 5.69. The van der Waals surface area contributed by atoms with Crippen molar-refractivity contribution < 1.29 is 23.5 Å². The van der Waals surface area contributed by atoms with E-state index in [9.17, 15) is 14.0 Å². The highest BCUT2D eigenvalue weighted by atomic mass is 19.1. The third kappa shape index (κ3) is 6.14. The minimum absolute atomic E-state index is 0.0655. The summed E-state index contributed by atoms with van der Waals surface area (Å²) in [5.74, 6) is -0.757. The van der Waals surface area contributed by atoms with Crippen molar-refractivity contribution in [3.8, 4) is 11.1 Å². The summed E-state index contributed by atoms with van der Waals surface area (Å²) in [7, 11) is 0. The molecule has 1 saturated carbocycles. The van der Waals surface area contributed by atoms with Crippen molar-refractivity contribution in [3.05, 3.63) is 59.9 Å². The summed E-state index contributed by atoms with van der Waals surface area (Å²) in [6, 6.07) is 13.3. The van der Waals surface area contributed by atoms with Gasteiger partial charge in [0.2, 0.25) is 0 Å². The van der Waals surface area contributed by atoms with Crippen LogP contribution in [0, 0.1) is 5.82 Å². The lowest BCUT2D eigenvalue weighted by Gasteiger charge is -2.28. The lowest BCUT2D eigenvalue weighted by atomic mass is 9.95. The molecule has 0 aliphatic heterocycles. The molecule has 0 heterocycles. The van der Waals surface area contributed by atoms with Gasteiger partial charge in [-0.05, 0) is 67.5 Å². The third-order valence-corrected chi connectivity index (χ3v) is 5.23. The Morgan fingerprint density at radius 2 is 1.38 bits per heavy atom. The van der Waals surface area contributed by atoms with Crippen LogP contribution in [0.5, 0.6) is 0 Å². The van der Waals surface area contributed by atoms with Crippen LogP contribution in [-0.4, -0.2) is 24.1 Å². The van der Waals surface area contributed by atoms with Gasteiger partial charge in [-0.3, -0.25) is 4.79 Å². The van der Waals surface area contributed by atoms with Gasteiger partial charge < -0.3 is 9.47 Å². The van der Waals surface area contributed by atoms with E-state index in [1.54, 1.807) is 24.3 Å².